The van der Waals surface area contributed by atoms with Crippen LogP contribution in [0.3, 0.4) is 0 Å². The fourth-order valence-electron chi connectivity index (χ4n) is 2.56. The maximum absolute atomic E-state index is 13.6. The minimum Gasteiger partial charge on any atom is -0.266 e. The lowest BCUT2D eigenvalue weighted by Crippen LogP contribution is -2.22. The van der Waals surface area contributed by atoms with Gasteiger partial charge >= 0.3 is 6.18 Å². The third-order valence-electron chi connectivity index (χ3n) is 3.70. The van der Waals surface area contributed by atoms with Gasteiger partial charge < -0.3 is 0 Å². The molecule has 0 aliphatic heterocycles. The van der Waals surface area contributed by atoms with E-state index < -0.39 is 17.3 Å². The summed E-state index contributed by atoms with van der Waals surface area (Å²) in [5, 5.41) is 9.17. The molecule has 25 heavy (non-hydrogen) atoms. The molecular weight excluding hydrogens is 373 g/mol. The fourth-order valence-corrected chi connectivity index (χ4v) is 4.33. The summed E-state index contributed by atoms with van der Waals surface area (Å²) in [4.78, 5) is 17.5. The van der Waals surface area contributed by atoms with Crippen LogP contribution < -0.4 is 5.56 Å². The van der Waals surface area contributed by atoms with Crippen molar-refractivity contribution in [3.05, 3.63) is 39.5 Å². The summed E-state index contributed by atoms with van der Waals surface area (Å²) >= 11 is 2.22. The van der Waals surface area contributed by atoms with Crippen LogP contribution in [0.4, 0.5) is 13.2 Å². The van der Waals surface area contributed by atoms with E-state index >= 15 is 0 Å². The molecule has 0 fully saturated rings. The molecule has 0 aliphatic rings. The van der Waals surface area contributed by atoms with Crippen LogP contribution in [0.1, 0.15) is 12.5 Å². The minimum absolute atomic E-state index is 0.0488. The van der Waals surface area contributed by atoms with Gasteiger partial charge in [-0.05, 0) is 24.4 Å². The first-order valence-corrected chi connectivity index (χ1v) is 8.92. The molecule has 0 unspecified atom stereocenters. The van der Waals surface area contributed by atoms with Crippen LogP contribution in [0.2, 0.25) is 0 Å². The van der Waals surface area contributed by atoms with Crippen LogP contribution in [-0.4, -0.2) is 20.0 Å². The molecule has 128 valence electrons. The first kappa shape index (κ1) is 16.2. The van der Waals surface area contributed by atoms with Gasteiger partial charge in [0.2, 0.25) is 0 Å². The van der Waals surface area contributed by atoms with Crippen LogP contribution >= 0.6 is 22.7 Å². The topological polar surface area (TPSA) is 60.7 Å². The number of pyridine rings is 1. The summed E-state index contributed by atoms with van der Waals surface area (Å²) in [6.07, 6.45) is -4.59. The Kier molecular flexibility index (Phi) is 3.62. The van der Waals surface area contributed by atoms with Crippen molar-refractivity contribution in [3.8, 4) is 10.6 Å². The lowest BCUT2D eigenvalue weighted by molar-refractivity contribution is -0.136. The molecule has 0 N–H and O–H groups in total. The average Bonchev–Trinajstić information content (AvgIpc) is 3.21. The molecule has 0 aromatic carbocycles. The zero-order valence-electron chi connectivity index (χ0n) is 12.7. The Labute approximate surface area is 146 Å². The number of rotatable bonds is 2. The van der Waals surface area contributed by atoms with E-state index in [1.807, 2.05) is 0 Å². The monoisotopic (exact) mass is 382 g/mol. The SMILES string of the molecule is CCn1nnc2c(sc3nc(-c4cccs4)cc(C(F)(F)F)c32)c1=O. The molecule has 0 saturated heterocycles. The quantitative estimate of drug-likeness (QED) is 0.522. The normalized spacial score (nSPS) is 12.3. The molecule has 0 bridgehead atoms. The first-order chi connectivity index (χ1) is 11.9. The van der Waals surface area contributed by atoms with Gasteiger partial charge in [0.05, 0.1) is 21.5 Å². The second-order valence-corrected chi connectivity index (χ2v) is 7.15. The third kappa shape index (κ3) is 2.52. The number of fused-ring (bicyclic) bond motifs is 3. The highest BCUT2D eigenvalue weighted by Crippen LogP contribution is 2.42. The van der Waals surface area contributed by atoms with Crippen LogP contribution in [-0.2, 0) is 12.7 Å². The number of hydrogen-bond donors (Lipinski definition) is 0. The van der Waals surface area contributed by atoms with E-state index in [1.165, 1.54) is 11.3 Å². The minimum atomic E-state index is -4.59. The van der Waals surface area contributed by atoms with Gasteiger partial charge in [-0.3, -0.25) is 4.79 Å². The van der Waals surface area contributed by atoms with E-state index in [0.29, 0.717) is 4.88 Å². The largest absolute Gasteiger partial charge is 0.417 e. The lowest BCUT2D eigenvalue weighted by atomic mass is 10.1. The number of nitrogens with zero attached hydrogens (tertiary/aromatic N) is 4. The van der Waals surface area contributed by atoms with Gasteiger partial charge in [-0.2, -0.15) is 13.2 Å². The lowest BCUT2D eigenvalue weighted by Gasteiger charge is -2.09. The Morgan fingerprint density at radius 1 is 1.32 bits per heavy atom. The number of hydrogen-bond acceptors (Lipinski definition) is 6. The van der Waals surface area contributed by atoms with E-state index in [9.17, 15) is 18.0 Å². The van der Waals surface area contributed by atoms with E-state index in [-0.39, 0.29) is 32.7 Å². The standard InChI is InChI=1S/C15H9F3N4OS2/c1-2-22-14(23)12-11(20-21-22)10-7(15(16,17)18)6-8(19-13(10)25-12)9-4-3-5-24-9/h3-6H,2H2,1H3. The second kappa shape index (κ2) is 5.60. The Bertz CT molecular complexity index is 1150. The first-order valence-electron chi connectivity index (χ1n) is 7.22. The Balaban J connectivity index is 2.15. The average molecular weight is 382 g/mol. The predicted molar refractivity (Wildman–Crippen MR) is 91.0 cm³/mol. The third-order valence-corrected chi connectivity index (χ3v) is 5.65. The summed E-state index contributed by atoms with van der Waals surface area (Å²) in [7, 11) is 0. The molecule has 0 aliphatic carbocycles. The molecular formula is C15H9F3N4OS2. The highest BCUT2D eigenvalue weighted by molar-refractivity contribution is 7.25. The van der Waals surface area contributed by atoms with E-state index in [2.05, 4.69) is 15.3 Å². The van der Waals surface area contributed by atoms with Gasteiger partial charge in [0.1, 0.15) is 15.0 Å². The molecule has 0 radical (unpaired) electrons. The Morgan fingerprint density at radius 2 is 2.12 bits per heavy atom. The van der Waals surface area contributed by atoms with Crippen molar-refractivity contribution in [2.45, 2.75) is 19.6 Å². The van der Waals surface area contributed by atoms with Gasteiger partial charge in [-0.1, -0.05) is 11.3 Å². The van der Waals surface area contributed by atoms with Crippen molar-refractivity contribution in [1.82, 2.24) is 20.0 Å². The van der Waals surface area contributed by atoms with E-state index in [1.54, 1.807) is 24.4 Å². The molecule has 0 saturated carbocycles. The summed E-state index contributed by atoms with van der Waals surface area (Å²) in [5.74, 6) is 0. The molecule has 4 aromatic rings. The van der Waals surface area contributed by atoms with Gasteiger partial charge in [-0.25, -0.2) is 9.67 Å². The molecule has 4 rings (SSSR count). The summed E-state index contributed by atoms with van der Waals surface area (Å²) in [6, 6.07) is 4.46. The van der Waals surface area contributed by atoms with E-state index in [0.717, 1.165) is 22.1 Å². The highest BCUT2D eigenvalue weighted by Gasteiger charge is 2.36. The van der Waals surface area contributed by atoms with Crippen LogP contribution in [0.25, 0.3) is 31.0 Å². The van der Waals surface area contributed by atoms with Gasteiger partial charge in [0.15, 0.2) is 0 Å². The number of halogens is 3. The highest BCUT2D eigenvalue weighted by atomic mass is 32.1. The maximum atomic E-state index is 13.6. The van der Waals surface area contributed by atoms with Crippen LogP contribution in [0.15, 0.2) is 28.4 Å². The van der Waals surface area contributed by atoms with Crippen molar-refractivity contribution in [3.63, 3.8) is 0 Å². The molecule has 4 aromatic heterocycles. The summed E-state index contributed by atoms with van der Waals surface area (Å²) in [6.45, 7) is 2.00. The zero-order valence-corrected chi connectivity index (χ0v) is 14.3. The fraction of sp³-hybridized carbons (Fsp3) is 0.200. The second-order valence-electron chi connectivity index (χ2n) is 5.20. The van der Waals surface area contributed by atoms with Crippen molar-refractivity contribution >= 4 is 43.1 Å². The van der Waals surface area contributed by atoms with Gasteiger partial charge in [0, 0.05) is 6.54 Å². The van der Waals surface area contributed by atoms with Crippen LogP contribution in [0, 0.1) is 0 Å². The van der Waals surface area contributed by atoms with Crippen LogP contribution in [0.5, 0.6) is 0 Å². The van der Waals surface area contributed by atoms with Crippen molar-refractivity contribution in [2.75, 3.05) is 0 Å². The molecule has 0 spiro atoms. The zero-order chi connectivity index (χ0) is 17.8. The number of aryl methyl sites for hydroxylation is 1. The summed E-state index contributed by atoms with van der Waals surface area (Å²) < 4.78 is 42.2. The summed E-state index contributed by atoms with van der Waals surface area (Å²) in [5.41, 5.74) is -1.13. The molecule has 0 amide bonds. The van der Waals surface area contributed by atoms with Gasteiger partial charge in [-0.15, -0.1) is 27.8 Å². The molecule has 10 heteroatoms. The van der Waals surface area contributed by atoms with Gasteiger partial charge in [0.25, 0.3) is 5.56 Å². The molecule has 5 nitrogen and oxygen atoms in total. The predicted octanol–water partition coefficient (Wildman–Crippen LogP) is 4.17. The van der Waals surface area contributed by atoms with Crippen molar-refractivity contribution in [1.29, 1.82) is 0 Å². The smallest absolute Gasteiger partial charge is 0.266 e. The number of alkyl halides is 3. The Morgan fingerprint density at radius 3 is 2.76 bits per heavy atom. The van der Waals surface area contributed by atoms with Crippen molar-refractivity contribution in [2.24, 2.45) is 0 Å². The Hall–Kier alpha value is -2.33. The van der Waals surface area contributed by atoms with Crippen molar-refractivity contribution < 1.29 is 13.2 Å². The molecule has 0 atom stereocenters. The van der Waals surface area contributed by atoms with E-state index in [4.69, 9.17) is 0 Å². The number of thiophene rings is 2. The molecule has 4 heterocycles. The number of aromatic nitrogens is 4. The maximum Gasteiger partial charge on any atom is 0.417 e.